The summed E-state index contributed by atoms with van der Waals surface area (Å²) in [5.41, 5.74) is 6.65. The number of carbonyl (C=O) groups is 1. The minimum absolute atomic E-state index is 0.0476. The number of hydrogen-bond acceptors (Lipinski definition) is 8. The number of benzene rings is 2. The van der Waals surface area contributed by atoms with Crippen LogP contribution in [0, 0.1) is 28.8 Å². The fourth-order valence-corrected chi connectivity index (χ4v) is 5.67. The van der Waals surface area contributed by atoms with Gasteiger partial charge in [-0.25, -0.2) is 23.4 Å². The lowest BCUT2D eigenvalue weighted by Gasteiger charge is -2.33. The summed E-state index contributed by atoms with van der Waals surface area (Å²) in [6.07, 6.45) is 6.09. The highest BCUT2D eigenvalue weighted by Crippen LogP contribution is 2.39. The molecule has 0 unspecified atom stereocenters. The number of likely N-dealkylation sites (N-methyl/N-ethyl adjacent to an activating group) is 1. The van der Waals surface area contributed by atoms with Crippen molar-refractivity contribution in [3.8, 4) is 28.8 Å². The van der Waals surface area contributed by atoms with E-state index in [1.165, 1.54) is 30.6 Å². The SMILES string of the molecule is CCNC1(/C=C(\C#N)C(=O)N2CCC[C@H](n3nc(-c4ccc(Oc5cccc(F)c5F)cc4F)c4c(N)ncnc43)C2)CC1. The Bertz CT molecular complexity index is 1830. The van der Waals surface area contributed by atoms with Gasteiger partial charge < -0.3 is 20.7 Å². The number of rotatable bonds is 8. The molecule has 3 N–H and O–H groups in total. The summed E-state index contributed by atoms with van der Waals surface area (Å²) in [6, 6.07) is 9.07. The Balaban J connectivity index is 1.31. The Kier molecular flexibility index (Phi) is 7.69. The first-order valence-corrected chi connectivity index (χ1v) is 14.3. The number of nitrogens with zero attached hydrogens (tertiary/aromatic N) is 6. The molecule has 13 heteroatoms. The molecule has 2 aromatic heterocycles. The molecule has 1 aliphatic heterocycles. The van der Waals surface area contributed by atoms with Gasteiger partial charge in [-0.2, -0.15) is 14.8 Å². The van der Waals surface area contributed by atoms with Crippen molar-refractivity contribution in [1.29, 1.82) is 5.26 Å². The fourth-order valence-electron chi connectivity index (χ4n) is 5.67. The first-order valence-electron chi connectivity index (χ1n) is 14.3. The van der Waals surface area contributed by atoms with Crippen molar-refractivity contribution in [2.45, 2.75) is 44.2 Å². The van der Waals surface area contributed by atoms with Gasteiger partial charge in [0, 0.05) is 30.3 Å². The minimum atomic E-state index is -1.19. The number of aromatic nitrogens is 4. The Morgan fingerprint density at radius 3 is 2.77 bits per heavy atom. The monoisotopic (exact) mass is 602 g/mol. The number of piperidine rings is 1. The third-order valence-corrected chi connectivity index (χ3v) is 7.98. The summed E-state index contributed by atoms with van der Waals surface area (Å²) in [4.78, 5) is 23.5. The molecule has 44 heavy (non-hydrogen) atoms. The third kappa shape index (κ3) is 5.44. The standard InChI is InChI=1S/C31H29F3N8O2/c1-2-39-31(10-11-31)14-18(15-35)30(43)41-12-4-5-19(16-41)42-29-25(28(36)37-17-38-29)27(40-42)21-9-8-20(13-23(21)33)44-24-7-3-6-22(32)26(24)34/h3,6-9,13-14,17,19,39H,2,4-5,10-12,16H2,1H3,(H2,36,37,38)/b18-14+/t19-/m0/s1. The number of hydrogen-bond donors (Lipinski definition) is 2. The van der Waals surface area contributed by atoms with Crippen molar-refractivity contribution in [3.05, 3.63) is 71.8 Å². The zero-order valence-corrected chi connectivity index (χ0v) is 23.9. The fraction of sp³-hybridized carbons (Fsp3) is 0.323. The van der Waals surface area contributed by atoms with Gasteiger partial charge in [-0.05, 0) is 62.6 Å². The van der Waals surface area contributed by atoms with E-state index >= 15 is 4.39 Å². The average Bonchev–Trinajstić information content (AvgIpc) is 3.67. The zero-order valence-electron chi connectivity index (χ0n) is 23.9. The topological polar surface area (TPSA) is 135 Å². The number of amides is 1. The quantitative estimate of drug-likeness (QED) is 0.212. The Morgan fingerprint density at radius 2 is 2.05 bits per heavy atom. The van der Waals surface area contributed by atoms with E-state index in [-0.39, 0.29) is 58.2 Å². The lowest BCUT2D eigenvalue weighted by molar-refractivity contribution is -0.128. The highest BCUT2D eigenvalue weighted by atomic mass is 19.2. The van der Waals surface area contributed by atoms with E-state index in [1.807, 2.05) is 6.92 Å². The predicted octanol–water partition coefficient (Wildman–Crippen LogP) is 5.04. The van der Waals surface area contributed by atoms with Gasteiger partial charge in [0.15, 0.2) is 17.2 Å². The molecule has 10 nitrogen and oxygen atoms in total. The number of nitrogens with one attached hydrogen (secondary N) is 1. The summed E-state index contributed by atoms with van der Waals surface area (Å²) >= 11 is 0. The first kappa shape index (κ1) is 29.1. The maximum atomic E-state index is 15.5. The summed E-state index contributed by atoms with van der Waals surface area (Å²) in [5, 5.41) is 18.2. The number of nitrogen functional groups attached to an aromatic ring is 1. The molecule has 1 amide bonds. The van der Waals surface area contributed by atoms with Crippen LogP contribution < -0.4 is 15.8 Å². The van der Waals surface area contributed by atoms with E-state index in [0.717, 1.165) is 31.5 Å². The van der Waals surface area contributed by atoms with E-state index in [0.29, 0.717) is 30.4 Å². The number of halogens is 3. The van der Waals surface area contributed by atoms with Gasteiger partial charge in [-0.3, -0.25) is 4.79 Å². The van der Waals surface area contributed by atoms with Gasteiger partial charge in [0.1, 0.15) is 41.0 Å². The van der Waals surface area contributed by atoms with E-state index in [4.69, 9.17) is 15.6 Å². The maximum Gasteiger partial charge on any atom is 0.264 e. The molecular formula is C31H29F3N8O2. The highest BCUT2D eigenvalue weighted by Gasteiger charge is 2.41. The van der Waals surface area contributed by atoms with Crippen molar-refractivity contribution < 1.29 is 22.7 Å². The smallest absolute Gasteiger partial charge is 0.264 e. The van der Waals surface area contributed by atoms with Crippen molar-refractivity contribution in [3.63, 3.8) is 0 Å². The van der Waals surface area contributed by atoms with Crippen LogP contribution in [0.2, 0.25) is 0 Å². The Hall–Kier alpha value is -4.96. The number of ether oxygens (including phenoxy) is 1. The molecule has 0 bridgehead atoms. The molecule has 0 radical (unpaired) electrons. The summed E-state index contributed by atoms with van der Waals surface area (Å²) in [5.74, 6) is -3.70. The second-order valence-electron chi connectivity index (χ2n) is 10.9. The second-order valence-corrected chi connectivity index (χ2v) is 10.9. The number of likely N-dealkylation sites (tertiary alicyclic amines) is 1. The Morgan fingerprint density at radius 1 is 1.23 bits per heavy atom. The van der Waals surface area contributed by atoms with Crippen LogP contribution in [0.15, 0.2) is 54.4 Å². The average molecular weight is 603 g/mol. The molecule has 1 saturated heterocycles. The lowest BCUT2D eigenvalue weighted by atomic mass is 10.0. The third-order valence-electron chi connectivity index (χ3n) is 7.98. The molecule has 6 rings (SSSR count). The molecule has 1 saturated carbocycles. The van der Waals surface area contributed by atoms with Crippen LogP contribution in [-0.2, 0) is 4.79 Å². The van der Waals surface area contributed by atoms with Crippen molar-refractivity contribution in [1.82, 2.24) is 30.0 Å². The predicted molar refractivity (Wildman–Crippen MR) is 156 cm³/mol. The van der Waals surface area contributed by atoms with E-state index in [1.54, 1.807) is 15.7 Å². The van der Waals surface area contributed by atoms with Crippen LogP contribution in [-0.4, -0.2) is 55.7 Å². The number of carbonyl (C=O) groups excluding carboxylic acids is 1. The minimum Gasteiger partial charge on any atom is -0.454 e. The van der Waals surface area contributed by atoms with Crippen LogP contribution >= 0.6 is 0 Å². The summed E-state index contributed by atoms with van der Waals surface area (Å²) < 4.78 is 50.3. The highest BCUT2D eigenvalue weighted by molar-refractivity contribution is 5.99. The largest absolute Gasteiger partial charge is 0.454 e. The van der Waals surface area contributed by atoms with Gasteiger partial charge in [-0.15, -0.1) is 0 Å². The van der Waals surface area contributed by atoms with Crippen LogP contribution in [0.1, 0.15) is 38.6 Å². The summed E-state index contributed by atoms with van der Waals surface area (Å²) in [7, 11) is 0. The van der Waals surface area contributed by atoms with E-state index in [9.17, 15) is 18.8 Å². The van der Waals surface area contributed by atoms with E-state index < -0.39 is 17.5 Å². The van der Waals surface area contributed by atoms with E-state index in [2.05, 4.69) is 21.4 Å². The van der Waals surface area contributed by atoms with Crippen molar-refractivity contribution in [2.75, 3.05) is 25.4 Å². The lowest BCUT2D eigenvalue weighted by Crippen LogP contribution is -2.42. The van der Waals surface area contributed by atoms with Gasteiger partial charge >= 0.3 is 0 Å². The molecule has 1 aliphatic carbocycles. The van der Waals surface area contributed by atoms with Gasteiger partial charge in [0.2, 0.25) is 5.82 Å². The van der Waals surface area contributed by atoms with Crippen LogP contribution in [0.5, 0.6) is 11.5 Å². The maximum absolute atomic E-state index is 15.5. The molecule has 226 valence electrons. The first-order chi connectivity index (χ1) is 21.2. The normalized spacial score (nSPS) is 17.8. The number of nitrogens with two attached hydrogens (primary N) is 1. The van der Waals surface area contributed by atoms with Crippen molar-refractivity contribution >= 4 is 22.8 Å². The van der Waals surface area contributed by atoms with Gasteiger partial charge in [-0.1, -0.05) is 13.0 Å². The second kappa shape index (κ2) is 11.6. The molecule has 4 aromatic rings. The number of anilines is 1. The number of nitriles is 1. The van der Waals surface area contributed by atoms with Crippen LogP contribution in [0.4, 0.5) is 19.0 Å². The Labute approximate surface area is 250 Å². The van der Waals surface area contributed by atoms with Gasteiger partial charge in [0.05, 0.1) is 11.4 Å². The van der Waals surface area contributed by atoms with Gasteiger partial charge in [0.25, 0.3) is 5.91 Å². The molecule has 2 aromatic carbocycles. The molecule has 0 spiro atoms. The van der Waals surface area contributed by atoms with Crippen LogP contribution in [0.3, 0.4) is 0 Å². The van der Waals surface area contributed by atoms with Crippen LogP contribution in [0.25, 0.3) is 22.3 Å². The molecule has 1 atom stereocenters. The van der Waals surface area contributed by atoms with Crippen molar-refractivity contribution in [2.24, 2.45) is 0 Å². The zero-order chi connectivity index (χ0) is 31.0. The molecule has 2 aliphatic rings. The summed E-state index contributed by atoms with van der Waals surface area (Å²) in [6.45, 7) is 3.46. The molecular weight excluding hydrogens is 573 g/mol. The molecule has 3 heterocycles. The molecule has 2 fully saturated rings. The number of fused-ring (bicyclic) bond motifs is 1.